The van der Waals surface area contributed by atoms with Crippen LogP contribution < -0.4 is 10.7 Å². The lowest BCUT2D eigenvalue weighted by molar-refractivity contribution is -0.146. The second-order valence-electron chi connectivity index (χ2n) is 5.51. The van der Waals surface area contributed by atoms with Crippen molar-refractivity contribution < 1.29 is 19.1 Å². The van der Waals surface area contributed by atoms with Crippen LogP contribution in [0, 0.1) is 0 Å². The predicted octanol–water partition coefficient (Wildman–Crippen LogP) is 1.17. The normalized spacial score (nSPS) is 15.3. The molecule has 0 saturated heterocycles. The van der Waals surface area contributed by atoms with Crippen molar-refractivity contribution in [2.45, 2.75) is 26.0 Å². The summed E-state index contributed by atoms with van der Waals surface area (Å²) >= 11 is 0. The molecule has 0 amide bonds. The highest BCUT2D eigenvalue weighted by Gasteiger charge is 2.21. The minimum Gasteiger partial charge on any atom is -0.461 e. The average Bonchev–Trinajstić information content (AvgIpc) is 2.66. The maximum atomic E-state index is 12.2. The van der Waals surface area contributed by atoms with Crippen LogP contribution in [0.1, 0.15) is 29.4 Å². The number of aromatic nitrogens is 1. The predicted molar refractivity (Wildman–Crippen MR) is 90.1 cm³/mol. The number of rotatable bonds is 5. The Labute approximate surface area is 144 Å². The van der Waals surface area contributed by atoms with E-state index >= 15 is 0 Å². The van der Waals surface area contributed by atoms with Gasteiger partial charge in [0, 0.05) is 5.22 Å². The van der Waals surface area contributed by atoms with Crippen LogP contribution in [0.3, 0.4) is 0 Å². The van der Waals surface area contributed by atoms with Gasteiger partial charge in [-0.1, -0.05) is 36.4 Å². The lowest BCUT2D eigenvalue weighted by atomic mass is 10.1. The summed E-state index contributed by atoms with van der Waals surface area (Å²) in [5.41, 5.74) is 1.45. The maximum Gasteiger partial charge on any atom is 0.357 e. The molecule has 6 nitrogen and oxygen atoms in total. The largest absolute Gasteiger partial charge is 0.461 e. The number of carbonyl (C=O) groups excluding carboxylic acids is 2. The molecule has 0 N–H and O–H groups in total. The van der Waals surface area contributed by atoms with E-state index in [-0.39, 0.29) is 18.9 Å². The van der Waals surface area contributed by atoms with Gasteiger partial charge in [-0.15, -0.1) is 0 Å². The van der Waals surface area contributed by atoms with E-state index in [4.69, 9.17) is 9.47 Å². The summed E-state index contributed by atoms with van der Waals surface area (Å²) in [4.78, 5) is 32.6. The van der Waals surface area contributed by atoms with Crippen LogP contribution in [-0.4, -0.2) is 29.6 Å². The molecule has 1 aromatic carbocycles. The monoisotopic (exact) mass is 338 g/mol. The van der Waals surface area contributed by atoms with Crippen LogP contribution in [0.25, 0.3) is 6.08 Å². The molecule has 1 aliphatic heterocycles. The number of ether oxygens (including phenoxy) is 2. The van der Waals surface area contributed by atoms with E-state index < -0.39 is 18.0 Å². The molecule has 1 atom stereocenters. The fourth-order valence-corrected chi connectivity index (χ4v) is 2.45. The van der Waals surface area contributed by atoms with Crippen LogP contribution >= 0.6 is 0 Å². The summed E-state index contributed by atoms with van der Waals surface area (Å²) in [5.74, 6) is -0.914. The van der Waals surface area contributed by atoms with Crippen molar-refractivity contribution >= 4 is 18.0 Å². The van der Waals surface area contributed by atoms with Gasteiger partial charge in [-0.3, -0.25) is 4.99 Å². The first kappa shape index (κ1) is 16.8. The molecule has 0 fully saturated rings. The number of carbonyl (C=O) groups is 2. The molecule has 0 saturated carbocycles. The standard InChI is InChI=1S/C19H18N2O4/c1-2-24-18(22)15-10-8-14-9-11-16(21-17(14)20-15)19(23)25-12-13-6-4-3-5-7-13/h3-10,16H,2,11-12H2,1H3. The molecule has 0 bridgehead atoms. The van der Waals surface area contributed by atoms with Gasteiger partial charge in [0.25, 0.3) is 0 Å². The minimum atomic E-state index is -0.652. The molecule has 1 aromatic heterocycles. The molecule has 6 heteroatoms. The molecule has 0 spiro atoms. The van der Waals surface area contributed by atoms with Crippen LogP contribution in [0.4, 0.5) is 0 Å². The van der Waals surface area contributed by atoms with Gasteiger partial charge in [0.05, 0.1) is 6.61 Å². The van der Waals surface area contributed by atoms with Crippen molar-refractivity contribution in [2.24, 2.45) is 4.99 Å². The number of benzene rings is 1. The molecule has 2 aromatic rings. The van der Waals surface area contributed by atoms with Crippen molar-refractivity contribution in [3.8, 4) is 0 Å². The van der Waals surface area contributed by atoms with Gasteiger partial charge >= 0.3 is 11.9 Å². The van der Waals surface area contributed by atoms with Crippen molar-refractivity contribution in [2.75, 3.05) is 6.61 Å². The molecule has 2 heterocycles. The Balaban J connectivity index is 1.74. The van der Waals surface area contributed by atoms with Gasteiger partial charge < -0.3 is 9.47 Å². The maximum absolute atomic E-state index is 12.2. The zero-order valence-corrected chi connectivity index (χ0v) is 13.8. The number of nitrogens with zero attached hydrogens (tertiary/aromatic N) is 2. The molecule has 0 radical (unpaired) electrons. The van der Waals surface area contributed by atoms with E-state index in [0.717, 1.165) is 10.8 Å². The fourth-order valence-electron chi connectivity index (χ4n) is 2.45. The summed E-state index contributed by atoms with van der Waals surface area (Å²) in [6, 6.07) is 12.2. The Bertz CT molecular complexity index is 893. The smallest absolute Gasteiger partial charge is 0.357 e. The van der Waals surface area contributed by atoms with Gasteiger partial charge in [-0.05, 0) is 31.0 Å². The summed E-state index contributed by atoms with van der Waals surface area (Å²) in [7, 11) is 0. The van der Waals surface area contributed by atoms with E-state index in [9.17, 15) is 9.59 Å². The van der Waals surface area contributed by atoms with Crippen molar-refractivity contribution in [1.82, 2.24) is 4.98 Å². The third kappa shape index (κ3) is 4.09. The van der Waals surface area contributed by atoms with Gasteiger partial charge in [-0.25, -0.2) is 14.6 Å². The third-order valence-electron chi connectivity index (χ3n) is 3.73. The lowest BCUT2D eigenvalue weighted by Gasteiger charge is -2.13. The average molecular weight is 338 g/mol. The Morgan fingerprint density at radius 2 is 1.92 bits per heavy atom. The Kier molecular flexibility index (Phi) is 5.18. The molecular formula is C19H18N2O4. The quantitative estimate of drug-likeness (QED) is 0.765. The zero-order chi connectivity index (χ0) is 17.6. The first-order valence-electron chi connectivity index (χ1n) is 8.10. The molecule has 1 aliphatic rings. The molecule has 25 heavy (non-hydrogen) atoms. The van der Waals surface area contributed by atoms with Gasteiger partial charge in [0.2, 0.25) is 0 Å². The van der Waals surface area contributed by atoms with Gasteiger partial charge in [0.15, 0.2) is 17.2 Å². The van der Waals surface area contributed by atoms with E-state index in [1.165, 1.54) is 0 Å². The molecular weight excluding hydrogens is 320 g/mol. The van der Waals surface area contributed by atoms with E-state index in [1.54, 1.807) is 19.1 Å². The highest BCUT2D eigenvalue weighted by Crippen LogP contribution is 2.07. The van der Waals surface area contributed by atoms with E-state index in [0.29, 0.717) is 11.9 Å². The van der Waals surface area contributed by atoms with E-state index in [1.807, 2.05) is 36.4 Å². The van der Waals surface area contributed by atoms with Gasteiger partial charge in [-0.2, -0.15) is 0 Å². The second kappa shape index (κ2) is 7.70. The topological polar surface area (TPSA) is 77.9 Å². The SMILES string of the molecule is CCOC(=O)c1ccc2c(n1)=NC(C(=O)OCc1ccccc1)CC=2. The minimum absolute atomic E-state index is 0.177. The molecule has 1 unspecified atom stereocenters. The van der Waals surface area contributed by atoms with Gasteiger partial charge in [0.1, 0.15) is 6.61 Å². The second-order valence-corrected chi connectivity index (χ2v) is 5.51. The van der Waals surface area contributed by atoms with Crippen LogP contribution in [-0.2, 0) is 20.9 Å². The summed E-state index contributed by atoms with van der Waals surface area (Å²) in [6.07, 6.45) is 2.32. The van der Waals surface area contributed by atoms with Crippen molar-refractivity contribution in [3.05, 3.63) is 64.4 Å². The first-order chi connectivity index (χ1) is 12.2. The summed E-state index contributed by atoms with van der Waals surface area (Å²) < 4.78 is 10.3. The number of hydrogen-bond donors (Lipinski definition) is 0. The molecule has 128 valence electrons. The zero-order valence-electron chi connectivity index (χ0n) is 13.8. The van der Waals surface area contributed by atoms with Crippen molar-refractivity contribution in [1.29, 1.82) is 0 Å². The summed E-state index contributed by atoms with van der Waals surface area (Å²) in [5, 5.41) is 0.792. The fraction of sp³-hybridized carbons (Fsp3) is 0.263. The first-order valence-corrected chi connectivity index (χ1v) is 8.10. The third-order valence-corrected chi connectivity index (χ3v) is 3.73. The molecule has 3 rings (SSSR count). The highest BCUT2D eigenvalue weighted by atomic mass is 16.5. The Morgan fingerprint density at radius 1 is 1.12 bits per heavy atom. The Morgan fingerprint density at radius 3 is 2.68 bits per heavy atom. The van der Waals surface area contributed by atoms with Crippen molar-refractivity contribution in [3.63, 3.8) is 0 Å². The summed E-state index contributed by atoms with van der Waals surface area (Å²) in [6.45, 7) is 2.21. The molecule has 0 aliphatic carbocycles. The van der Waals surface area contributed by atoms with Crippen LogP contribution in [0.15, 0.2) is 47.5 Å². The number of hydrogen-bond acceptors (Lipinski definition) is 6. The number of pyridine rings is 1. The van der Waals surface area contributed by atoms with Crippen LogP contribution in [0.5, 0.6) is 0 Å². The number of esters is 2. The highest BCUT2D eigenvalue weighted by molar-refractivity contribution is 5.87. The lowest BCUT2D eigenvalue weighted by Crippen LogP contribution is -2.38. The Hall–Kier alpha value is -3.02. The number of fused-ring (bicyclic) bond motifs is 1. The van der Waals surface area contributed by atoms with Crippen LogP contribution in [0.2, 0.25) is 0 Å². The van der Waals surface area contributed by atoms with E-state index in [2.05, 4.69) is 9.98 Å².